The van der Waals surface area contributed by atoms with Crippen LogP contribution in [0.15, 0.2) is 47.4 Å². The van der Waals surface area contributed by atoms with Gasteiger partial charge in [0.05, 0.1) is 0 Å². The van der Waals surface area contributed by atoms with Crippen LogP contribution in [0.25, 0.3) is 0 Å². The first-order valence-electron chi connectivity index (χ1n) is 8.78. The topological polar surface area (TPSA) is 118 Å². The summed E-state index contributed by atoms with van der Waals surface area (Å²) in [4.78, 5) is 47.3. The molecule has 0 aliphatic rings. The summed E-state index contributed by atoms with van der Waals surface area (Å²) < 4.78 is 1.31. The van der Waals surface area contributed by atoms with Crippen molar-refractivity contribution < 1.29 is 19.5 Å². The van der Waals surface area contributed by atoms with Crippen molar-refractivity contribution in [3.63, 3.8) is 0 Å². The maximum Gasteiger partial charge on any atom is 0.326 e. The lowest BCUT2D eigenvalue weighted by Crippen LogP contribution is -2.44. The van der Waals surface area contributed by atoms with E-state index in [4.69, 9.17) is 5.11 Å². The Bertz CT molecular complexity index is 932. The van der Waals surface area contributed by atoms with Crippen molar-refractivity contribution in [3.8, 4) is 0 Å². The summed E-state index contributed by atoms with van der Waals surface area (Å²) in [5, 5.41) is 14.3. The number of aliphatic carboxylic acids is 1. The first-order valence-corrected chi connectivity index (χ1v) is 8.78. The summed E-state index contributed by atoms with van der Waals surface area (Å²) in [7, 11) is 0. The molecule has 1 aromatic heterocycles. The van der Waals surface area contributed by atoms with E-state index >= 15 is 0 Å². The van der Waals surface area contributed by atoms with Gasteiger partial charge in [0, 0.05) is 23.5 Å². The number of benzene rings is 1. The molecule has 1 heterocycles. The first kappa shape index (κ1) is 20.9. The third-order valence-corrected chi connectivity index (χ3v) is 4.10. The van der Waals surface area contributed by atoms with Crippen LogP contribution in [0.5, 0.6) is 0 Å². The first-order chi connectivity index (χ1) is 13.2. The second-order valence-corrected chi connectivity index (χ2v) is 6.83. The highest BCUT2D eigenvalue weighted by Crippen LogP contribution is 2.11. The number of anilines is 1. The van der Waals surface area contributed by atoms with Crippen LogP contribution in [0.3, 0.4) is 0 Å². The van der Waals surface area contributed by atoms with Gasteiger partial charge in [-0.3, -0.25) is 14.4 Å². The van der Waals surface area contributed by atoms with Crippen LogP contribution in [0, 0.1) is 12.8 Å². The average Bonchev–Trinajstić information content (AvgIpc) is 2.62. The van der Waals surface area contributed by atoms with Crippen LogP contribution < -0.4 is 16.2 Å². The Morgan fingerprint density at radius 3 is 2.29 bits per heavy atom. The lowest BCUT2D eigenvalue weighted by atomic mass is 10.0. The molecule has 2 amide bonds. The van der Waals surface area contributed by atoms with Crippen molar-refractivity contribution in [2.24, 2.45) is 5.92 Å². The molecule has 0 spiro atoms. The Labute approximate surface area is 162 Å². The normalized spacial score (nSPS) is 11.7. The third-order valence-electron chi connectivity index (χ3n) is 4.10. The maximum atomic E-state index is 12.2. The van der Waals surface area contributed by atoms with Crippen molar-refractivity contribution in [1.82, 2.24) is 9.88 Å². The molecule has 148 valence electrons. The molecule has 0 bridgehead atoms. The minimum absolute atomic E-state index is 0.128. The van der Waals surface area contributed by atoms with Gasteiger partial charge in [0.15, 0.2) is 0 Å². The molecule has 2 aromatic rings. The lowest BCUT2D eigenvalue weighted by molar-refractivity contribution is -0.140. The molecule has 8 heteroatoms. The minimum atomic E-state index is -1.10. The van der Waals surface area contributed by atoms with Gasteiger partial charge in [0.1, 0.15) is 12.6 Å². The molecule has 0 saturated carbocycles. The van der Waals surface area contributed by atoms with Gasteiger partial charge in [-0.2, -0.15) is 0 Å². The minimum Gasteiger partial charge on any atom is -0.480 e. The number of carbonyl (C=O) groups excluding carboxylic acids is 2. The van der Waals surface area contributed by atoms with Crippen LogP contribution in [0.1, 0.15) is 29.8 Å². The highest BCUT2D eigenvalue weighted by Gasteiger charge is 2.23. The highest BCUT2D eigenvalue weighted by atomic mass is 16.4. The highest BCUT2D eigenvalue weighted by molar-refractivity contribution is 5.97. The van der Waals surface area contributed by atoms with E-state index in [1.807, 2.05) is 6.92 Å². The van der Waals surface area contributed by atoms with E-state index in [1.54, 1.807) is 26.1 Å². The van der Waals surface area contributed by atoms with E-state index in [1.165, 1.54) is 34.9 Å². The van der Waals surface area contributed by atoms with Crippen molar-refractivity contribution in [2.45, 2.75) is 33.4 Å². The van der Waals surface area contributed by atoms with Gasteiger partial charge in [-0.1, -0.05) is 19.9 Å². The zero-order valence-corrected chi connectivity index (χ0v) is 15.9. The zero-order valence-electron chi connectivity index (χ0n) is 15.9. The molecule has 28 heavy (non-hydrogen) atoms. The number of carboxylic acids is 1. The van der Waals surface area contributed by atoms with Crippen LogP contribution in [0.4, 0.5) is 5.69 Å². The molecule has 1 atom stereocenters. The van der Waals surface area contributed by atoms with E-state index < -0.39 is 17.9 Å². The Balaban J connectivity index is 2.01. The van der Waals surface area contributed by atoms with E-state index in [9.17, 15) is 19.2 Å². The smallest absolute Gasteiger partial charge is 0.326 e. The zero-order chi connectivity index (χ0) is 20.8. The number of nitrogens with one attached hydrogen (secondary N) is 2. The number of carbonyl (C=O) groups is 3. The molecular formula is C20H23N3O5. The second-order valence-electron chi connectivity index (χ2n) is 6.83. The summed E-state index contributed by atoms with van der Waals surface area (Å²) >= 11 is 0. The van der Waals surface area contributed by atoms with Crippen LogP contribution >= 0.6 is 0 Å². The SMILES string of the molecule is Cc1ccc(=O)n(CC(=O)Nc2ccc(C(=O)NC(C(=O)O)C(C)C)cc2)c1. The van der Waals surface area contributed by atoms with Gasteiger partial charge in [-0.25, -0.2) is 4.79 Å². The van der Waals surface area contributed by atoms with E-state index in [0.717, 1.165) is 5.56 Å². The standard InChI is InChI=1S/C20H23N3O5/c1-12(2)18(20(27)28)22-19(26)14-5-7-15(8-6-14)21-16(24)11-23-10-13(3)4-9-17(23)25/h4-10,12,18H,11H2,1-3H3,(H,21,24)(H,22,26)(H,27,28). The largest absolute Gasteiger partial charge is 0.480 e. The maximum absolute atomic E-state index is 12.2. The molecule has 0 saturated heterocycles. The van der Waals surface area contributed by atoms with Crippen molar-refractivity contribution in [3.05, 3.63) is 64.1 Å². The fraction of sp³-hybridized carbons (Fsp3) is 0.300. The van der Waals surface area contributed by atoms with Gasteiger partial charge >= 0.3 is 5.97 Å². The molecule has 3 N–H and O–H groups in total. The Hall–Kier alpha value is -3.42. The molecule has 0 aliphatic carbocycles. The van der Waals surface area contributed by atoms with E-state index in [0.29, 0.717) is 5.69 Å². The number of hydrogen-bond donors (Lipinski definition) is 3. The Kier molecular flexibility index (Phi) is 6.70. The van der Waals surface area contributed by atoms with Crippen LogP contribution in [-0.4, -0.2) is 33.5 Å². The number of pyridine rings is 1. The quantitative estimate of drug-likeness (QED) is 0.670. The van der Waals surface area contributed by atoms with Gasteiger partial charge in [-0.05, 0) is 42.7 Å². The summed E-state index contributed by atoms with van der Waals surface area (Å²) in [6.45, 7) is 5.11. The number of rotatable bonds is 7. The van der Waals surface area contributed by atoms with Gasteiger partial charge in [0.25, 0.3) is 11.5 Å². The Morgan fingerprint density at radius 1 is 1.07 bits per heavy atom. The number of aryl methyl sites for hydroxylation is 1. The number of carboxylic acid groups (broad SMARTS) is 1. The molecule has 1 unspecified atom stereocenters. The lowest BCUT2D eigenvalue weighted by Gasteiger charge is -2.18. The molecule has 1 aromatic carbocycles. The summed E-state index contributed by atoms with van der Waals surface area (Å²) in [5.41, 5.74) is 1.33. The van der Waals surface area contributed by atoms with E-state index in [2.05, 4.69) is 10.6 Å². The van der Waals surface area contributed by atoms with Crippen molar-refractivity contribution in [2.75, 3.05) is 5.32 Å². The van der Waals surface area contributed by atoms with Gasteiger partial charge in [0.2, 0.25) is 5.91 Å². The average molecular weight is 385 g/mol. The van der Waals surface area contributed by atoms with Crippen LogP contribution in [0.2, 0.25) is 0 Å². The summed E-state index contributed by atoms with van der Waals surface area (Å²) in [6, 6.07) is 8.14. The molecule has 8 nitrogen and oxygen atoms in total. The number of hydrogen-bond acceptors (Lipinski definition) is 4. The molecule has 0 aliphatic heterocycles. The number of amides is 2. The summed E-state index contributed by atoms with van der Waals surface area (Å²) in [5.74, 6) is -2.25. The predicted octanol–water partition coefficient (Wildman–Crippen LogP) is 1.63. The van der Waals surface area contributed by atoms with Gasteiger partial charge in [-0.15, -0.1) is 0 Å². The molecule has 0 radical (unpaired) electrons. The fourth-order valence-corrected chi connectivity index (χ4v) is 2.57. The number of nitrogens with zero attached hydrogens (tertiary/aromatic N) is 1. The van der Waals surface area contributed by atoms with Crippen molar-refractivity contribution >= 4 is 23.5 Å². The summed E-state index contributed by atoms with van der Waals surface area (Å²) in [6.07, 6.45) is 1.60. The third kappa shape index (κ3) is 5.54. The molecular weight excluding hydrogens is 362 g/mol. The predicted molar refractivity (Wildman–Crippen MR) is 104 cm³/mol. The second kappa shape index (κ2) is 8.98. The number of aromatic nitrogens is 1. The Morgan fingerprint density at radius 2 is 1.71 bits per heavy atom. The van der Waals surface area contributed by atoms with Crippen LogP contribution in [-0.2, 0) is 16.1 Å². The molecule has 0 fully saturated rings. The molecule has 2 rings (SSSR count). The fourth-order valence-electron chi connectivity index (χ4n) is 2.57. The van der Waals surface area contributed by atoms with Gasteiger partial charge < -0.3 is 20.3 Å². The van der Waals surface area contributed by atoms with Crippen molar-refractivity contribution in [1.29, 1.82) is 0 Å². The monoisotopic (exact) mass is 385 g/mol. The van der Waals surface area contributed by atoms with E-state index in [-0.39, 0.29) is 29.5 Å².